The van der Waals surface area contributed by atoms with Gasteiger partial charge in [0.1, 0.15) is 0 Å². The van der Waals surface area contributed by atoms with E-state index in [0.29, 0.717) is 17.2 Å². The maximum absolute atomic E-state index is 13.4. The molecule has 0 bridgehead atoms. The minimum Gasteiger partial charge on any atom is -0.302 e. The maximum atomic E-state index is 13.4. The number of hydrogen-bond donors (Lipinski definition) is 0. The van der Waals surface area contributed by atoms with Gasteiger partial charge in [0.2, 0.25) is 0 Å². The number of sulfone groups is 1. The van der Waals surface area contributed by atoms with Crippen molar-refractivity contribution in [2.24, 2.45) is 0 Å². The number of nitrogens with zero attached hydrogens (tertiary/aromatic N) is 3. The molecule has 0 unspecified atom stereocenters. The van der Waals surface area contributed by atoms with E-state index in [2.05, 4.69) is 24.8 Å². The fourth-order valence-corrected chi connectivity index (χ4v) is 5.38. The van der Waals surface area contributed by atoms with Crippen molar-refractivity contribution in [3.05, 3.63) is 48.0 Å². The van der Waals surface area contributed by atoms with Gasteiger partial charge >= 0.3 is 0 Å². The van der Waals surface area contributed by atoms with Crippen LogP contribution in [0.1, 0.15) is 24.2 Å². The number of hydrogen-bond acceptors (Lipinski definition) is 7. The van der Waals surface area contributed by atoms with Crippen LogP contribution >= 0.6 is 23.1 Å². The quantitative estimate of drug-likeness (QED) is 0.425. The molecule has 0 atom stereocenters. The Kier molecular flexibility index (Phi) is 7.74. The van der Waals surface area contributed by atoms with Crippen LogP contribution in [0, 0.1) is 0 Å². The van der Waals surface area contributed by atoms with Crippen LogP contribution < -0.4 is 4.90 Å². The van der Waals surface area contributed by atoms with Crippen molar-refractivity contribution in [2.75, 3.05) is 43.6 Å². The summed E-state index contributed by atoms with van der Waals surface area (Å²) in [5.74, 6) is -0.184. The van der Waals surface area contributed by atoms with Crippen LogP contribution in [0.5, 0.6) is 0 Å². The number of carbonyl (C=O) groups is 1. The topological polar surface area (TPSA) is 70.6 Å². The Balaban J connectivity index is 1.96. The van der Waals surface area contributed by atoms with Gasteiger partial charge in [0.15, 0.2) is 15.0 Å². The Bertz CT molecular complexity index is 1150. The van der Waals surface area contributed by atoms with E-state index in [4.69, 9.17) is 4.98 Å². The second kappa shape index (κ2) is 10.1. The standard InChI is InChI=1S/C22H27N3O3S3/c1-5-24(6-2)13-14-25(21(26)16-7-10-18(11-8-16)31(4,27)28)22-23-19-12-9-17(29-3)15-20(19)30-22/h7-12,15H,5-6,13-14H2,1-4H3. The molecule has 6 nitrogen and oxygen atoms in total. The maximum Gasteiger partial charge on any atom is 0.260 e. The zero-order valence-electron chi connectivity index (χ0n) is 18.2. The summed E-state index contributed by atoms with van der Waals surface area (Å²) >= 11 is 3.17. The van der Waals surface area contributed by atoms with Gasteiger partial charge in [-0.2, -0.15) is 0 Å². The third-order valence-corrected chi connectivity index (χ3v) is 8.02. The number of fused-ring (bicyclic) bond motifs is 1. The van der Waals surface area contributed by atoms with Crippen molar-refractivity contribution in [3.8, 4) is 0 Å². The van der Waals surface area contributed by atoms with Gasteiger partial charge in [0, 0.05) is 29.8 Å². The predicted molar refractivity (Wildman–Crippen MR) is 130 cm³/mol. The van der Waals surface area contributed by atoms with Crippen LogP contribution in [0.3, 0.4) is 0 Å². The molecule has 1 aromatic heterocycles. The number of thioether (sulfide) groups is 1. The van der Waals surface area contributed by atoms with Crippen LogP contribution in [-0.2, 0) is 9.84 Å². The highest BCUT2D eigenvalue weighted by atomic mass is 32.2. The van der Waals surface area contributed by atoms with Gasteiger partial charge in [-0.25, -0.2) is 13.4 Å². The monoisotopic (exact) mass is 477 g/mol. The molecule has 0 saturated carbocycles. The molecular formula is C22H27N3O3S3. The summed E-state index contributed by atoms with van der Waals surface area (Å²) in [5.41, 5.74) is 1.31. The molecule has 0 aliphatic heterocycles. The van der Waals surface area contributed by atoms with Crippen molar-refractivity contribution >= 4 is 54.2 Å². The van der Waals surface area contributed by atoms with E-state index in [1.165, 1.54) is 23.5 Å². The lowest BCUT2D eigenvalue weighted by molar-refractivity contribution is 0.0983. The van der Waals surface area contributed by atoms with Gasteiger partial charge in [-0.1, -0.05) is 25.2 Å². The lowest BCUT2D eigenvalue weighted by atomic mass is 10.2. The zero-order valence-corrected chi connectivity index (χ0v) is 20.6. The second-order valence-corrected chi connectivity index (χ2v) is 11.0. The van der Waals surface area contributed by atoms with Gasteiger partial charge in [0.05, 0.1) is 15.1 Å². The summed E-state index contributed by atoms with van der Waals surface area (Å²) < 4.78 is 24.5. The summed E-state index contributed by atoms with van der Waals surface area (Å²) in [6, 6.07) is 12.2. The first-order valence-electron chi connectivity index (χ1n) is 10.1. The lowest BCUT2D eigenvalue weighted by Crippen LogP contribution is -2.38. The molecule has 166 valence electrons. The average molecular weight is 478 g/mol. The van der Waals surface area contributed by atoms with Crippen LogP contribution in [0.25, 0.3) is 10.2 Å². The number of carbonyl (C=O) groups excluding carboxylic acids is 1. The lowest BCUT2D eigenvalue weighted by Gasteiger charge is -2.24. The molecule has 9 heteroatoms. The first-order chi connectivity index (χ1) is 14.8. The molecule has 1 heterocycles. The molecular weight excluding hydrogens is 450 g/mol. The minimum atomic E-state index is -3.31. The molecule has 0 fully saturated rings. The zero-order chi connectivity index (χ0) is 22.6. The molecule has 3 rings (SSSR count). The third-order valence-electron chi connectivity index (χ3n) is 5.12. The average Bonchev–Trinajstić information content (AvgIpc) is 3.18. The van der Waals surface area contributed by atoms with Crippen molar-refractivity contribution in [2.45, 2.75) is 23.6 Å². The normalized spacial score (nSPS) is 11.9. The molecule has 3 aromatic rings. The van der Waals surface area contributed by atoms with Crippen LogP contribution in [0.4, 0.5) is 5.13 Å². The molecule has 0 saturated heterocycles. The van der Waals surface area contributed by atoms with Crippen molar-refractivity contribution in [1.82, 2.24) is 9.88 Å². The van der Waals surface area contributed by atoms with E-state index in [-0.39, 0.29) is 10.8 Å². The van der Waals surface area contributed by atoms with E-state index in [0.717, 1.165) is 41.0 Å². The Morgan fingerprint density at radius 1 is 1.06 bits per heavy atom. The molecule has 0 radical (unpaired) electrons. The summed E-state index contributed by atoms with van der Waals surface area (Å²) in [4.78, 5) is 23.4. The third kappa shape index (κ3) is 5.65. The van der Waals surface area contributed by atoms with Crippen LogP contribution in [0.15, 0.2) is 52.3 Å². The molecule has 0 N–H and O–H groups in total. The molecule has 0 spiro atoms. The number of rotatable bonds is 9. The van der Waals surface area contributed by atoms with E-state index in [1.54, 1.807) is 28.8 Å². The molecule has 0 aliphatic carbocycles. The molecule has 1 amide bonds. The minimum absolute atomic E-state index is 0.184. The summed E-state index contributed by atoms with van der Waals surface area (Å²) in [6.45, 7) is 7.23. The van der Waals surface area contributed by atoms with Crippen molar-refractivity contribution in [1.29, 1.82) is 0 Å². The number of thiazole rings is 1. The van der Waals surface area contributed by atoms with Crippen LogP contribution in [0.2, 0.25) is 0 Å². The van der Waals surface area contributed by atoms with Gasteiger partial charge in [-0.05, 0) is 61.8 Å². The van der Waals surface area contributed by atoms with E-state index < -0.39 is 9.84 Å². The van der Waals surface area contributed by atoms with Gasteiger partial charge < -0.3 is 4.90 Å². The number of aromatic nitrogens is 1. The Morgan fingerprint density at radius 2 is 1.74 bits per heavy atom. The predicted octanol–water partition coefficient (Wildman–Crippen LogP) is 4.41. The Hall–Kier alpha value is -1.94. The summed E-state index contributed by atoms with van der Waals surface area (Å²) in [6.07, 6.45) is 3.19. The first kappa shape index (κ1) is 23.7. The van der Waals surface area contributed by atoms with E-state index in [1.807, 2.05) is 18.4 Å². The molecule has 31 heavy (non-hydrogen) atoms. The van der Waals surface area contributed by atoms with Crippen molar-refractivity contribution < 1.29 is 13.2 Å². The summed E-state index contributed by atoms with van der Waals surface area (Å²) in [7, 11) is -3.31. The number of anilines is 1. The second-order valence-electron chi connectivity index (χ2n) is 7.11. The number of benzene rings is 2. The van der Waals surface area contributed by atoms with Crippen molar-refractivity contribution in [3.63, 3.8) is 0 Å². The smallest absolute Gasteiger partial charge is 0.260 e. The Morgan fingerprint density at radius 3 is 2.32 bits per heavy atom. The van der Waals surface area contributed by atoms with Gasteiger partial charge in [-0.3, -0.25) is 9.69 Å². The molecule has 2 aromatic carbocycles. The number of amides is 1. The number of likely N-dealkylation sites (N-methyl/N-ethyl adjacent to an activating group) is 1. The fourth-order valence-electron chi connectivity index (χ4n) is 3.20. The highest BCUT2D eigenvalue weighted by Crippen LogP contribution is 2.32. The van der Waals surface area contributed by atoms with E-state index >= 15 is 0 Å². The largest absolute Gasteiger partial charge is 0.302 e. The highest BCUT2D eigenvalue weighted by Gasteiger charge is 2.22. The SMILES string of the molecule is CCN(CC)CCN(C(=O)c1ccc(S(C)(=O)=O)cc1)c1nc2ccc(SC)cc2s1. The Labute approximate surface area is 192 Å². The van der Waals surface area contributed by atoms with Gasteiger partial charge in [-0.15, -0.1) is 11.8 Å². The van der Waals surface area contributed by atoms with E-state index in [9.17, 15) is 13.2 Å². The van der Waals surface area contributed by atoms with Gasteiger partial charge in [0.25, 0.3) is 5.91 Å². The van der Waals surface area contributed by atoms with Crippen LogP contribution in [-0.4, -0.2) is 62.9 Å². The molecule has 0 aliphatic rings. The summed E-state index contributed by atoms with van der Waals surface area (Å²) in [5, 5.41) is 0.651. The fraction of sp³-hybridized carbons (Fsp3) is 0.364. The first-order valence-corrected chi connectivity index (χ1v) is 14.0. The highest BCUT2D eigenvalue weighted by molar-refractivity contribution is 7.98.